The highest BCUT2D eigenvalue weighted by atomic mass is 16.5. The van der Waals surface area contributed by atoms with E-state index in [1.165, 1.54) is 9.80 Å². The molecule has 9 heteroatoms. The first kappa shape index (κ1) is 27.2. The molecule has 2 aromatic rings. The summed E-state index contributed by atoms with van der Waals surface area (Å²) in [6.45, 7) is 3.79. The number of esters is 2. The molecule has 0 unspecified atom stereocenters. The molecule has 36 heavy (non-hydrogen) atoms. The Morgan fingerprint density at radius 1 is 0.722 bits per heavy atom. The quantitative estimate of drug-likeness (QED) is 0.484. The van der Waals surface area contributed by atoms with Crippen molar-refractivity contribution < 1.29 is 34.1 Å². The first-order valence-corrected chi connectivity index (χ1v) is 12.2. The molecule has 0 saturated carbocycles. The molecule has 4 atom stereocenters. The van der Waals surface area contributed by atoms with Crippen LogP contribution in [-0.2, 0) is 32.2 Å². The van der Waals surface area contributed by atoms with E-state index in [2.05, 4.69) is 0 Å². The van der Waals surface area contributed by atoms with Gasteiger partial charge in [0.05, 0.1) is 38.1 Å². The highest BCUT2D eigenvalue weighted by Crippen LogP contribution is 2.29. The van der Waals surface area contributed by atoms with Gasteiger partial charge in [0.1, 0.15) is 12.2 Å². The van der Waals surface area contributed by atoms with Gasteiger partial charge in [-0.15, -0.1) is 0 Å². The number of hydrogen-bond acceptors (Lipinski definition) is 7. The molecule has 1 aliphatic rings. The van der Waals surface area contributed by atoms with Crippen LogP contribution < -0.4 is 0 Å². The van der Waals surface area contributed by atoms with Crippen LogP contribution in [0.1, 0.15) is 37.8 Å². The number of hydrogen-bond donors (Lipinski definition) is 2. The molecule has 0 radical (unpaired) electrons. The summed E-state index contributed by atoms with van der Waals surface area (Å²) < 4.78 is 10.2. The van der Waals surface area contributed by atoms with Gasteiger partial charge in [-0.2, -0.15) is 0 Å². The Hall–Kier alpha value is -3.43. The van der Waals surface area contributed by atoms with E-state index in [0.717, 1.165) is 11.1 Å². The highest BCUT2D eigenvalue weighted by Gasteiger charge is 2.47. The van der Waals surface area contributed by atoms with Gasteiger partial charge < -0.3 is 29.5 Å². The molecule has 1 fully saturated rings. The van der Waals surface area contributed by atoms with Crippen molar-refractivity contribution in [3.05, 3.63) is 71.8 Å². The fraction of sp³-hybridized carbons (Fsp3) is 0.444. The Morgan fingerprint density at radius 2 is 1.08 bits per heavy atom. The fourth-order valence-electron chi connectivity index (χ4n) is 4.45. The first-order valence-electron chi connectivity index (χ1n) is 12.2. The Kier molecular flexibility index (Phi) is 9.84. The minimum absolute atomic E-state index is 0.0882. The molecule has 0 bridgehead atoms. The third kappa shape index (κ3) is 6.83. The predicted molar refractivity (Wildman–Crippen MR) is 131 cm³/mol. The monoisotopic (exact) mass is 498 g/mol. The molecule has 1 saturated heterocycles. The van der Waals surface area contributed by atoms with Crippen molar-refractivity contribution in [2.24, 2.45) is 0 Å². The number of nitrogens with zero attached hydrogens (tertiary/aromatic N) is 2. The number of benzene rings is 2. The molecule has 2 aromatic carbocycles. The normalized spacial score (nSPS) is 22.2. The number of carbonyl (C=O) groups excluding carboxylic acids is 3. The van der Waals surface area contributed by atoms with E-state index in [1.807, 2.05) is 60.7 Å². The maximum absolute atomic E-state index is 14.1. The molecular weight excluding hydrogens is 464 g/mol. The van der Waals surface area contributed by atoms with Crippen LogP contribution in [0.2, 0.25) is 0 Å². The minimum atomic E-state index is -1.51. The van der Waals surface area contributed by atoms with Gasteiger partial charge >= 0.3 is 18.0 Å². The molecule has 2 N–H and O–H groups in total. The van der Waals surface area contributed by atoms with Crippen LogP contribution in [-0.4, -0.2) is 75.5 Å². The SMILES string of the molecule is CCOC(=O)C[C@@H]1[C@H](O)[C@@H](O)[C@@H](CC(=O)OCC)N(Cc2ccccc2)C(=O)N1Cc1ccccc1. The van der Waals surface area contributed by atoms with Crippen molar-refractivity contribution in [3.8, 4) is 0 Å². The van der Waals surface area contributed by atoms with E-state index < -0.39 is 42.3 Å². The average molecular weight is 499 g/mol. The molecule has 2 amide bonds. The topological polar surface area (TPSA) is 117 Å². The number of rotatable bonds is 10. The molecule has 0 aliphatic carbocycles. The van der Waals surface area contributed by atoms with Gasteiger partial charge in [0.2, 0.25) is 0 Å². The Morgan fingerprint density at radius 3 is 1.42 bits per heavy atom. The van der Waals surface area contributed by atoms with Crippen molar-refractivity contribution in [2.75, 3.05) is 13.2 Å². The molecule has 3 rings (SSSR count). The van der Waals surface area contributed by atoms with Crippen molar-refractivity contribution in [2.45, 2.75) is 64.1 Å². The van der Waals surface area contributed by atoms with Crippen molar-refractivity contribution in [1.82, 2.24) is 9.80 Å². The maximum atomic E-state index is 14.1. The zero-order valence-electron chi connectivity index (χ0n) is 20.7. The van der Waals surface area contributed by atoms with E-state index in [-0.39, 0.29) is 39.1 Å². The largest absolute Gasteiger partial charge is 0.466 e. The number of ether oxygens (including phenoxy) is 2. The summed E-state index contributed by atoms with van der Waals surface area (Å²) in [6, 6.07) is 15.7. The Bertz CT molecular complexity index is 922. The summed E-state index contributed by atoms with van der Waals surface area (Å²) >= 11 is 0. The van der Waals surface area contributed by atoms with Crippen molar-refractivity contribution in [1.29, 1.82) is 0 Å². The van der Waals surface area contributed by atoms with Gasteiger partial charge in [0.15, 0.2) is 0 Å². The second-order valence-electron chi connectivity index (χ2n) is 8.64. The number of aliphatic hydroxyl groups is 2. The molecule has 194 valence electrons. The van der Waals surface area contributed by atoms with Gasteiger partial charge in [0.25, 0.3) is 0 Å². The second kappa shape index (κ2) is 13.0. The van der Waals surface area contributed by atoms with Crippen molar-refractivity contribution >= 4 is 18.0 Å². The maximum Gasteiger partial charge on any atom is 0.321 e. The van der Waals surface area contributed by atoms with Crippen LogP contribution in [0.15, 0.2) is 60.7 Å². The summed E-state index contributed by atoms with van der Waals surface area (Å²) in [6.07, 6.45) is -3.64. The van der Waals surface area contributed by atoms with Crippen LogP contribution in [0, 0.1) is 0 Å². The Balaban J connectivity index is 2.05. The van der Waals surface area contributed by atoms with E-state index in [9.17, 15) is 24.6 Å². The number of amides is 2. The lowest BCUT2D eigenvalue weighted by molar-refractivity contribution is -0.148. The van der Waals surface area contributed by atoms with Gasteiger partial charge in [-0.1, -0.05) is 60.7 Å². The average Bonchev–Trinajstić information content (AvgIpc) is 2.93. The van der Waals surface area contributed by atoms with Crippen LogP contribution in [0.4, 0.5) is 4.79 Å². The van der Waals surface area contributed by atoms with Crippen LogP contribution in [0.5, 0.6) is 0 Å². The Labute approximate surface area is 211 Å². The first-order chi connectivity index (χ1) is 17.3. The zero-order valence-corrected chi connectivity index (χ0v) is 20.7. The minimum Gasteiger partial charge on any atom is -0.466 e. The summed E-state index contributed by atoms with van der Waals surface area (Å²) in [5.41, 5.74) is 1.56. The number of aliphatic hydroxyl groups excluding tert-OH is 2. The molecule has 0 spiro atoms. The summed E-state index contributed by atoms with van der Waals surface area (Å²) in [5, 5.41) is 22.5. The third-order valence-electron chi connectivity index (χ3n) is 6.18. The predicted octanol–water partition coefficient (Wildman–Crippen LogP) is 2.49. The fourth-order valence-corrected chi connectivity index (χ4v) is 4.45. The van der Waals surface area contributed by atoms with Crippen LogP contribution in [0.3, 0.4) is 0 Å². The molecular formula is C27H34N2O7. The lowest BCUT2D eigenvalue weighted by Crippen LogP contribution is -2.50. The summed E-state index contributed by atoms with van der Waals surface area (Å²) in [4.78, 5) is 41.8. The van der Waals surface area contributed by atoms with E-state index >= 15 is 0 Å². The second-order valence-corrected chi connectivity index (χ2v) is 8.64. The lowest BCUT2D eigenvalue weighted by Gasteiger charge is -2.35. The number of urea groups is 1. The summed E-state index contributed by atoms with van der Waals surface area (Å²) in [7, 11) is 0. The van der Waals surface area contributed by atoms with E-state index in [0.29, 0.717) is 0 Å². The summed E-state index contributed by atoms with van der Waals surface area (Å²) in [5.74, 6) is -1.20. The van der Waals surface area contributed by atoms with Gasteiger partial charge in [-0.05, 0) is 25.0 Å². The smallest absolute Gasteiger partial charge is 0.321 e. The standard InChI is InChI=1S/C27H34N2O7/c1-3-35-23(30)15-21-25(32)26(33)22(16-24(31)36-4-2)29(18-20-13-9-6-10-14-20)27(34)28(21)17-19-11-7-5-8-12-19/h5-14,21-22,25-26,32-33H,3-4,15-18H2,1-2H3/t21-,22-,25+,26+/m1/s1. The van der Waals surface area contributed by atoms with Gasteiger partial charge in [0, 0.05) is 13.1 Å². The van der Waals surface area contributed by atoms with Gasteiger partial charge in [-0.3, -0.25) is 9.59 Å². The van der Waals surface area contributed by atoms with Crippen LogP contribution >= 0.6 is 0 Å². The van der Waals surface area contributed by atoms with Crippen molar-refractivity contribution in [3.63, 3.8) is 0 Å². The molecule has 0 aromatic heterocycles. The molecule has 1 aliphatic heterocycles. The third-order valence-corrected chi connectivity index (χ3v) is 6.18. The number of carbonyl (C=O) groups is 3. The molecule has 1 heterocycles. The van der Waals surface area contributed by atoms with Gasteiger partial charge in [-0.25, -0.2) is 4.79 Å². The van der Waals surface area contributed by atoms with E-state index in [1.54, 1.807) is 13.8 Å². The van der Waals surface area contributed by atoms with E-state index in [4.69, 9.17) is 9.47 Å². The van der Waals surface area contributed by atoms with Crippen LogP contribution in [0.25, 0.3) is 0 Å². The highest BCUT2D eigenvalue weighted by molar-refractivity contribution is 5.79. The zero-order chi connectivity index (χ0) is 26.1. The lowest BCUT2D eigenvalue weighted by atomic mass is 9.94. The molecule has 9 nitrogen and oxygen atoms in total.